The molecule has 32 heavy (non-hydrogen) atoms. The van der Waals surface area contributed by atoms with E-state index in [4.69, 9.17) is 17.3 Å². The lowest BCUT2D eigenvalue weighted by Crippen LogP contribution is -2.24. The monoisotopic (exact) mass is 487 g/mol. The summed E-state index contributed by atoms with van der Waals surface area (Å²) in [6.45, 7) is 2.21. The Balaban J connectivity index is 1.98. The van der Waals surface area contributed by atoms with Crippen LogP contribution in [0.2, 0.25) is 5.02 Å². The normalized spacial score (nSPS) is 12.3. The molecule has 0 fully saturated rings. The van der Waals surface area contributed by atoms with Crippen LogP contribution in [-0.4, -0.2) is 30.1 Å². The number of aromatic nitrogens is 3. The highest BCUT2D eigenvalue weighted by atomic mass is 35.5. The molecule has 3 rings (SSSR count). The summed E-state index contributed by atoms with van der Waals surface area (Å²) < 4.78 is 68.7. The number of rotatable bonds is 8. The van der Waals surface area contributed by atoms with Crippen LogP contribution in [0.15, 0.2) is 41.3 Å². The van der Waals surface area contributed by atoms with Gasteiger partial charge in [-0.05, 0) is 41.8 Å². The number of halogens is 4. The molecule has 7 nitrogen and oxygen atoms in total. The van der Waals surface area contributed by atoms with Gasteiger partial charge in [0.25, 0.3) is 0 Å². The molecule has 0 aliphatic carbocycles. The van der Waals surface area contributed by atoms with Gasteiger partial charge in [-0.1, -0.05) is 37.1 Å². The molecular formula is C20H21ClF3N5O2S. The molecule has 0 spiro atoms. The lowest BCUT2D eigenvalue weighted by molar-refractivity contribution is -0.137. The van der Waals surface area contributed by atoms with Crippen molar-refractivity contribution >= 4 is 27.6 Å². The summed E-state index contributed by atoms with van der Waals surface area (Å²) >= 11 is 6.26. The number of nitrogens with one attached hydrogen (secondary N) is 2. The van der Waals surface area contributed by atoms with E-state index in [1.807, 2.05) is 6.92 Å². The minimum atomic E-state index is -4.69. The third kappa shape index (κ3) is 5.59. The third-order valence-corrected chi connectivity index (χ3v) is 6.43. The molecule has 0 saturated heterocycles. The Labute approximate surface area is 188 Å². The molecule has 3 aromatic rings. The van der Waals surface area contributed by atoms with E-state index in [2.05, 4.69) is 19.9 Å². The van der Waals surface area contributed by atoms with E-state index in [1.165, 1.54) is 30.3 Å². The van der Waals surface area contributed by atoms with Crippen molar-refractivity contribution in [2.24, 2.45) is 0 Å². The zero-order valence-electron chi connectivity index (χ0n) is 17.0. The van der Waals surface area contributed by atoms with E-state index >= 15 is 0 Å². The van der Waals surface area contributed by atoms with Crippen molar-refractivity contribution in [1.82, 2.24) is 19.9 Å². The number of hydrogen-bond donors (Lipinski definition) is 3. The van der Waals surface area contributed by atoms with Crippen LogP contribution in [0.5, 0.6) is 0 Å². The number of sulfonamides is 1. The number of unbranched alkanes of at least 4 members (excludes halogenated alkanes) is 1. The number of aromatic amines is 1. The molecule has 0 bridgehead atoms. The second kappa shape index (κ2) is 9.47. The van der Waals surface area contributed by atoms with Gasteiger partial charge in [0.05, 0.1) is 10.5 Å². The van der Waals surface area contributed by atoms with Crippen LogP contribution in [0.25, 0.3) is 11.1 Å². The second-order valence-electron chi connectivity index (χ2n) is 7.09. The maximum atomic E-state index is 13.9. The first-order valence-corrected chi connectivity index (χ1v) is 11.5. The average Bonchev–Trinajstić information content (AvgIpc) is 3.11. The Morgan fingerprint density at radius 1 is 1.19 bits per heavy atom. The molecule has 2 aromatic carbocycles. The summed E-state index contributed by atoms with van der Waals surface area (Å²) in [6, 6.07) is 7.51. The van der Waals surface area contributed by atoms with Crippen molar-refractivity contribution in [2.75, 3.05) is 12.3 Å². The summed E-state index contributed by atoms with van der Waals surface area (Å²) in [4.78, 5) is 3.85. The summed E-state index contributed by atoms with van der Waals surface area (Å²) in [7, 11) is -3.75. The van der Waals surface area contributed by atoms with Gasteiger partial charge in [0.1, 0.15) is 5.82 Å². The summed E-state index contributed by atoms with van der Waals surface area (Å²) in [5, 5.41) is 6.07. The fraction of sp³-hybridized carbons (Fsp3) is 0.300. The molecule has 0 radical (unpaired) electrons. The zero-order valence-corrected chi connectivity index (χ0v) is 18.6. The van der Waals surface area contributed by atoms with Crippen molar-refractivity contribution in [2.45, 2.75) is 37.3 Å². The van der Waals surface area contributed by atoms with Crippen LogP contribution in [-0.2, 0) is 22.6 Å². The van der Waals surface area contributed by atoms with E-state index in [9.17, 15) is 21.6 Å². The number of benzene rings is 2. The van der Waals surface area contributed by atoms with Crippen molar-refractivity contribution in [3.8, 4) is 11.1 Å². The fourth-order valence-corrected chi connectivity index (χ4v) is 4.56. The maximum absolute atomic E-state index is 13.9. The molecule has 12 heteroatoms. The summed E-state index contributed by atoms with van der Waals surface area (Å²) in [5.74, 6) is 0.280. The average molecular weight is 488 g/mol. The van der Waals surface area contributed by atoms with Crippen LogP contribution in [0, 0.1) is 0 Å². The highest BCUT2D eigenvalue weighted by molar-refractivity contribution is 7.89. The molecule has 172 valence electrons. The lowest BCUT2D eigenvalue weighted by atomic mass is 9.96. The molecule has 0 aliphatic rings. The zero-order chi connectivity index (χ0) is 23.5. The largest absolute Gasteiger partial charge is 0.417 e. The van der Waals surface area contributed by atoms with E-state index in [0.29, 0.717) is 12.2 Å². The molecule has 0 unspecified atom stereocenters. The van der Waals surface area contributed by atoms with Crippen molar-refractivity contribution in [3.05, 3.63) is 58.4 Å². The van der Waals surface area contributed by atoms with Crippen LogP contribution in [0.4, 0.5) is 19.1 Å². The number of hydrogen-bond acceptors (Lipinski definition) is 5. The summed E-state index contributed by atoms with van der Waals surface area (Å²) in [6.07, 6.45) is -3.18. The van der Waals surface area contributed by atoms with Gasteiger partial charge in [0.2, 0.25) is 16.0 Å². The molecular weight excluding hydrogens is 467 g/mol. The van der Waals surface area contributed by atoms with Gasteiger partial charge >= 0.3 is 6.18 Å². The van der Waals surface area contributed by atoms with Crippen LogP contribution in [0.1, 0.15) is 36.7 Å². The van der Waals surface area contributed by atoms with Gasteiger partial charge in [0.15, 0.2) is 0 Å². The van der Waals surface area contributed by atoms with Gasteiger partial charge in [-0.15, -0.1) is 5.10 Å². The maximum Gasteiger partial charge on any atom is 0.417 e. The number of anilines is 1. The molecule has 1 aromatic heterocycles. The SMILES string of the molecule is CCCCNS(=O)(=O)c1ccc(-c2c(Cl)cc(Cc3nc(N)n[nH]3)cc2C(F)(F)F)cc1. The lowest BCUT2D eigenvalue weighted by Gasteiger charge is -2.17. The Bertz CT molecular complexity index is 1190. The minimum absolute atomic E-state index is 0.0158. The Morgan fingerprint density at radius 3 is 2.44 bits per heavy atom. The van der Waals surface area contributed by atoms with E-state index in [1.54, 1.807) is 0 Å². The smallest absolute Gasteiger partial charge is 0.367 e. The first-order chi connectivity index (χ1) is 15.0. The van der Waals surface area contributed by atoms with E-state index in [0.717, 1.165) is 12.5 Å². The molecule has 4 N–H and O–H groups in total. The number of nitrogens with two attached hydrogens (primary N) is 1. The molecule has 1 heterocycles. The van der Waals surface area contributed by atoms with Gasteiger partial charge < -0.3 is 5.73 Å². The number of nitrogen functional groups attached to an aromatic ring is 1. The highest BCUT2D eigenvalue weighted by Crippen LogP contribution is 2.42. The molecule has 0 aliphatic heterocycles. The van der Waals surface area contributed by atoms with Gasteiger partial charge in [-0.3, -0.25) is 5.10 Å². The topological polar surface area (TPSA) is 114 Å². The molecule has 0 amide bonds. The predicted octanol–water partition coefficient (Wildman–Crippen LogP) is 4.40. The second-order valence-corrected chi connectivity index (χ2v) is 9.26. The number of nitrogens with zero attached hydrogens (tertiary/aromatic N) is 2. The Morgan fingerprint density at radius 2 is 1.88 bits per heavy atom. The highest BCUT2D eigenvalue weighted by Gasteiger charge is 2.35. The quantitative estimate of drug-likeness (QED) is 0.408. The fourth-order valence-electron chi connectivity index (χ4n) is 3.13. The predicted molar refractivity (Wildman–Crippen MR) is 116 cm³/mol. The van der Waals surface area contributed by atoms with Gasteiger partial charge in [0, 0.05) is 23.6 Å². The van der Waals surface area contributed by atoms with Crippen LogP contribution < -0.4 is 10.5 Å². The van der Waals surface area contributed by atoms with Crippen LogP contribution in [0.3, 0.4) is 0 Å². The Kier molecular flexibility index (Phi) is 7.11. The van der Waals surface area contributed by atoms with Crippen LogP contribution >= 0.6 is 11.6 Å². The molecule has 0 saturated carbocycles. The first-order valence-electron chi connectivity index (χ1n) is 9.67. The Hall–Kier alpha value is -2.63. The van der Waals surface area contributed by atoms with Crippen molar-refractivity contribution in [1.29, 1.82) is 0 Å². The number of H-pyrrole nitrogens is 1. The van der Waals surface area contributed by atoms with E-state index in [-0.39, 0.29) is 45.5 Å². The first kappa shape index (κ1) is 24.0. The minimum Gasteiger partial charge on any atom is -0.367 e. The van der Waals surface area contributed by atoms with Crippen molar-refractivity contribution < 1.29 is 21.6 Å². The number of alkyl halides is 3. The van der Waals surface area contributed by atoms with Gasteiger partial charge in [-0.25, -0.2) is 13.1 Å². The van der Waals surface area contributed by atoms with Gasteiger partial charge in [-0.2, -0.15) is 18.2 Å². The molecule has 0 atom stereocenters. The standard InChI is InChI=1S/C20H21ClF3N5O2S/c1-2-3-8-26-32(30,31)14-6-4-13(5-7-14)18-15(20(22,23)24)9-12(10-16(18)21)11-17-27-19(25)29-28-17/h4-7,9-10,26H,2-3,8,11H2,1H3,(H3,25,27,28,29). The van der Waals surface area contributed by atoms with Crippen molar-refractivity contribution in [3.63, 3.8) is 0 Å². The summed E-state index contributed by atoms with van der Waals surface area (Å²) in [5.41, 5.74) is 4.67. The third-order valence-electron chi connectivity index (χ3n) is 4.65. The van der Waals surface area contributed by atoms with E-state index < -0.39 is 21.8 Å².